The predicted octanol–water partition coefficient (Wildman–Crippen LogP) is 4.82. The van der Waals surface area contributed by atoms with Crippen LogP contribution in [-0.4, -0.2) is 42.1 Å². The molecule has 1 aromatic carbocycles. The number of benzene rings is 1. The molecule has 1 saturated heterocycles. The number of nitrogens with zero attached hydrogens (tertiary/aromatic N) is 1. The molecular weight excluding hydrogens is 406 g/mol. The van der Waals surface area contributed by atoms with Gasteiger partial charge in [-0.3, -0.25) is 4.79 Å². The Labute approximate surface area is 191 Å². The number of hydrogen-bond donors (Lipinski definition) is 0. The van der Waals surface area contributed by atoms with Gasteiger partial charge in [0.1, 0.15) is 6.61 Å². The monoisotopic (exact) mass is 443 g/mol. The number of rotatable bonds is 5. The quantitative estimate of drug-likeness (QED) is 0.611. The first-order valence-corrected chi connectivity index (χ1v) is 12.4. The predicted molar refractivity (Wildman–Crippen MR) is 119 cm³/mol. The Kier molecular flexibility index (Phi) is 6.32. The van der Waals surface area contributed by atoms with Gasteiger partial charge in [-0.05, 0) is 43.6 Å². The van der Waals surface area contributed by atoms with Gasteiger partial charge in [-0.15, -0.1) is 0 Å². The molecule has 4 fully saturated rings. The standard InChI is InChI=1S/C26H37NO5/c1-19-15-21-9-6-10-22(16-21)26(19)30-25(31-32-26)13-11-23(12-14-25)27(24(28)18-29-2)17-20-7-4-3-5-8-20/h3-5,7-8,19,21-23H,6,9-18H2,1-2H3. The Bertz CT molecular complexity index is 791. The molecule has 3 saturated carbocycles. The lowest BCUT2D eigenvalue weighted by molar-refractivity contribution is -0.379. The normalized spacial score (nSPS) is 38.8. The van der Waals surface area contributed by atoms with Gasteiger partial charge in [-0.2, -0.15) is 9.78 Å². The van der Waals surface area contributed by atoms with E-state index in [0.717, 1.165) is 43.6 Å². The van der Waals surface area contributed by atoms with E-state index in [1.54, 1.807) is 7.11 Å². The Morgan fingerprint density at radius 3 is 2.62 bits per heavy atom. The third kappa shape index (κ3) is 4.11. The molecule has 1 aliphatic heterocycles. The molecule has 4 unspecified atom stereocenters. The zero-order chi connectivity index (χ0) is 22.2. The third-order valence-electron chi connectivity index (χ3n) is 8.34. The van der Waals surface area contributed by atoms with E-state index in [1.807, 2.05) is 23.1 Å². The lowest BCUT2D eigenvalue weighted by Gasteiger charge is -2.49. The minimum Gasteiger partial charge on any atom is -0.375 e. The van der Waals surface area contributed by atoms with Crippen LogP contribution in [0.15, 0.2) is 30.3 Å². The molecule has 176 valence electrons. The maximum absolute atomic E-state index is 12.9. The van der Waals surface area contributed by atoms with Crippen LogP contribution in [0.5, 0.6) is 0 Å². The van der Waals surface area contributed by atoms with Crippen molar-refractivity contribution in [3.8, 4) is 0 Å². The van der Waals surface area contributed by atoms with Crippen LogP contribution in [0, 0.1) is 17.8 Å². The molecule has 0 N–H and O–H groups in total. The Hall–Kier alpha value is -1.47. The molecule has 2 spiro atoms. The first kappa shape index (κ1) is 22.3. The molecule has 6 heteroatoms. The smallest absolute Gasteiger partial charge is 0.249 e. The fraction of sp³-hybridized carbons (Fsp3) is 0.731. The highest BCUT2D eigenvalue weighted by molar-refractivity contribution is 5.77. The summed E-state index contributed by atoms with van der Waals surface area (Å²) in [6.07, 6.45) is 9.30. The van der Waals surface area contributed by atoms with Gasteiger partial charge in [-0.1, -0.05) is 50.1 Å². The maximum Gasteiger partial charge on any atom is 0.249 e. The van der Waals surface area contributed by atoms with Crippen LogP contribution in [0.3, 0.4) is 0 Å². The first-order chi connectivity index (χ1) is 15.5. The summed E-state index contributed by atoms with van der Waals surface area (Å²) in [6, 6.07) is 10.3. The third-order valence-corrected chi connectivity index (χ3v) is 8.34. The summed E-state index contributed by atoms with van der Waals surface area (Å²) < 4.78 is 12.0. The van der Waals surface area contributed by atoms with E-state index in [-0.39, 0.29) is 18.6 Å². The van der Waals surface area contributed by atoms with Gasteiger partial charge in [0.15, 0.2) is 0 Å². The van der Waals surface area contributed by atoms with Crippen LogP contribution < -0.4 is 0 Å². The second-order valence-corrected chi connectivity index (χ2v) is 10.4. The minimum absolute atomic E-state index is 0.0347. The number of fused-ring (bicyclic) bond motifs is 3. The van der Waals surface area contributed by atoms with Crippen molar-refractivity contribution in [2.45, 2.75) is 88.9 Å². The average molecular weight is 444 g/mol. The van der Waals surface area contributed by atoms with E-state index in [2.05, 4.69) is 19.1 Å². The first-order valence-electron chi connectivity index (χ1n) is 12.4. The van der Waals surface area contributed by atoms with Crippen LogP contribution in [0.1, 0.15) is 70.3 Å². The van der Waals surface area contributed by atoms with Crippen molar-refractivity contribution in [2.75, 3.05) is 13.7 Å². The fourth-order valence-corrected chi connectivity index (χ4v) is 6.68. The number of methoxy groups -OCH3 is 1. The number of carbonyl (C=O) groups is 1. The molecule has 2 bridgehead atoms. The van der Waals surface area contributed by atoms with E-state index in [4.69, 9.17) is 19.2 Å². The van der Waals surface area contributed by atoms with Crippen LogP contribution in [0.4, 0.5) is 0 Å². The summed E-state index contributed by atoms with van der Waals surface area (Å²) in [4.78, 5) is 27.0. The summed E-state index contributed by atoms with van der Waals surface area (Å²) in [6.45, 7) is 2.97. The molecule has 6 nitrogen and oxygen atoms in total. The highest BCUT2D eigenvalue weighted by atomic mass is 17.3. The van der Waals surface area contributed by atoms with Gasteiger partial charge < -0.3 is 14.4 Å². The summed E-state index contributed by atoms with van der Waals surface area (Å²) in [7, 11) is 1.58. The lowest BCUT2D eigenvalue weighted by Crippen LogP contribution is -2.54. The van der Waals surface area contributed by atoms with Crippen LogP contribution >= 0.6 is 0 Å². The summed E-state index contributed by atoms with van der Waals surface area (Å²) in [5, 5.41) is 0. The minimum atomic E-state index is -0.669. The molecule has 32 heavy (non-hydrogen) atoms. The Morgan fingerprint density at radius 2 is 1.88 bits per heavy atom. The Balaban J connectivity index is 1.27. The van der Waals surface area contributed by atoms with Gasteiger partial charge in [0, 0.05) is 44.4 Å². The number of carbonyl (C=O) groups excluding carboxylic acids is 1. The molecule has 0 radical (unpaired) electrons. The fourth-order valence-electron chi connectivity index (χ4n) is 6.68. The molecule has 0 aromatic heterocycles. The second-order valence-electron chi connectivity index (χ2n) is 10.4. The molecule has 3 aliphatic carbocycles. The molecule has 4 atom stereocenters. The highest BCUT2D eigenvalue weighted by Crippen LogP contribution is 2.57. The van der Waals surface area contributed by atoms with Crippen molar-refractivity contribution in [1.29, 1.82) is 0 Å². The summed E-state index contributed by atoms with van der Waals surface area (Å²) >= 11 is 0. The van der Waals surface area contributed by atoms with Gasteiger partial charge in [-0.25, -0.2) is 0 Å². The van der Waals surface area contributed by atoms with Gasteiger partial charge >= 0.3 is 0 Å². The van der Waals surface area contributed by atoms with Crippen LogP contribution in [-0.2, 0) is 30.6 Å². The van der Waals surface area contributed by atoms with Crippen molar-refractivity contribution in [3.63, 3.8) is 0 Å². The van der Waals surface area contributed by atoms with E-state index in [0.29, 0.717) is 18.4 Å². The Morgan fingerprint density at radius 1 is 1.09 bits per heavy atom. The van der Waals surface area contributed by atoms with Crippen molar-refractivity contribution in [1.82, 2.24) is 4.90 Å². The van der Waals surface area contributed by atoms with Gasteiger partial charge in [0.25, 0.3) is 0 Å². The number of hydrogen-bond acceptors (Lipinski definition) is 5. The van der Waals surface area contributed by atoms with Crippen molar-refractivity contribution < 1.29 is 24.0 Å². The zero-order valence-corrected chi connectivity index (χ0v) is 19.5. The average Bonchev–Trinajstić information content (AvgIpc) is 3.19. The van der Waals surface area contributed by atoms with Gasteiger partial charge in [0.05, 0.1) is 0 Å². The van der Waals surface area contributed by atoms with E-state index in [9.17, 15) is 4.79 Å². The zero-order valence-electron chi connectivity index (χ0n) is 19.5. The van der Waals surface area contributed by atoms with Crippen molar-refractivity contribution in [2.24, 2.45) is 17.8 Å². The number of ether oxygens (including phenoxy) is 2. The molecular formula is C26H37NO5. The molecule has 1 heterocycles. The lowest BCUT2D eigenvalue weighted by atomic mass is 9.64. The number of amides is 1. The summed E-state index contributed by atoms with van der Waals surface area (Å²) in [5.41, 5.74) is 1.13. The molecule has 1 amide bonds. The topological polar surface area (TPSA) is 57.2 Å². The van der Waals surface area contributed by atoms with Crippen LogP contribution in [0.2, 0.25) is 0 Å². The van der Waals surface area contributed by atoms with E-state index >= 15 is 0 Å². The van der Waals surface area contributed by atoms with E-state index in [1.165, 1.54) is 25.7 Å². The molecule has 1 aromatic rings. The highest BCUT2D eigenvalue weighted by Gasteiger charge is 2.62. The van der Waals surface area contributed by atoms with Crippen molar-refractivity contribution in [3.05, 3.63) is 35.9 Å². The second kappa shape index (κ2) is 9.05. The van der Waals surface area contributed by atoms with Gasteiger partial charge in [0.2, 0.25) is 17.5 Å². The summed E-state index contributed by atoms with van der Waals surface area (Å²) in [5.74, 6) is 0.373. The maximum atomic E-state index is 12.9. The van der Waals surface area contributed by atoms with Crippen molar-refractivity contribution >= 4 is 5.91 Å². The largest absolute Gasteiger partial charge is 0.375 e. The van der Waals surface area contributed by atoms with E-state index < -0.39 is 11.6 Å². The molecule has 5 rings (SSSR count). The molecule has 4 aliphatic rings. The van der Waals surface area contributed by atoms with Crippen LogP contribution in [0.25, 0.3) is 0 Å². The SMILES string of the molecule is COCC(=O)N(Cc1ccccc1)C1CCC2(CC1)OOC1(O2)C(C)CC2CCCC1C2.